The molecule has 4 N–H and O–H groups in total. The van der Waals surface area contributed by atoms with Gasteiger partial charge in [0.2, 0.25) is 17.8 Å². The Morgan fingerprint density at radius 2 is 1.57 bits per heavy atom. The summed E-state index contributed by atoms with van der Waals surface area (Å²) in [6.45, 7) is 5.77. The summed E-state index contributed by atoms with van der Waals surface area (Å²) >= 11 is 0. The van der Waals surface area contributed by atoms with Gasteiger partial charge in [0.05, 0.1) is 0 Å². The van der Waals surface area contributed by atoms with Crippen LogP contribution in [-0.4, -0.2) is 52.7 Å². The van der Waals surface area contributed by atoms with Gasteiger partial charge in [0, 0.05) is 52.4 Å². The molecule has 0 saturated carbocycles. The Morgan fingerprint density at radius 3 is 2.05 bits per heavy atom. The Morgan fingerprint density at radius 1 is 1.05 bits per heavy atom. The molecule has 0 saturated heterocycles. The van der Waals surface area contributed by atoms with Crippen LogP contribution in [0.4, 0.5) is 17.8 Å². The van der Waals surface area contributed by atoms with Crippen molar-refractivity contribution in [1.29, 1.82) is 0 Å². The summed E-state index contributed by atoms with van der Waals surface area (Å²) in [6.07, 6.45) is 6.80. The van der Waals surface area contributed by atoms with E-state index in [2.05, 4.69) is 43.9 Å². The maximum atomic E-state index is 8.79. The monoisotopic (exact) mass is 389 g/mol. The van der Waals surface area contributed by atoms with Gasteiger partial charge in [0.1, 0.15) is 0 Å². The zero-order valence-corrected chi connectivity index (χ0v) is 16.7. The number of aromatic nitrogens is 3. The quantitative estimate of drug-likeness (QED) is 0.356. The zero-order valence-electron chi connectivity index (χ0n) is 12.8. The maximum Gasteiger partial charge on any atom is 0.232 e. The average Bonchev–Trinajstić information content (AvgIpc) is 2.38. The molecule has 0 aromatic carbocycles. The summed E-state index contributed by atoms with van der Waals surface area (Å²) in [5.41, 5.74) is 0. The summed E-state index contributed by atoms with van der Waals surface area (Å²) < 4.78 is 0. The molecule has 1 heterocycles. The number of aliphatic hydroxyl groups excluding tert-OH is 1. The Bertz CT molecular complexity index is 406. The number of rotatable bonds is 10. The van der Waals surface area contributed by atoms with Gasteiger partial charge < -0.3 is 20.8 Å². The SMILES string of the molecule is C=[PH](C)Nc1nc(NCCCC)nc(NCCCO)n1.[Y]. The first-order valence-electron chi connectivity index (χ1n) is 6.93. The van der Waals surface area contributed by atoms with Crippen LogP contribution in [0.25, 0.3) is 0 Å². The van der Waals surface area contributed by atoms with Gasteiger partial charge in [-0.05, 0) is 27.2 Å². The van der Waals surface area contributed by atoms with E-state index >= 15 is 0 Å². The van der Waals surface area contributed by atoms with E-state index in [1.807, 2.05) is 6.66 Å². The molecule has 7 nitrogen and oxygen atoms in total. The summed E-state index contributed by atoms with van der Waals surface area (Å²) in [6, 6.07) is 0. The van der Waals surface area contributed by atoms with E-state index in [0.717, 1.165) is 19.4 Å². The summed E-state index contributed by atoms with van der Waals surface area (Å²) in [5, 5.41) is 18.2. The molecule has 1 rings (SSSR count). The molecular formula is C12H25N6OPY. The molecule has 1 aromatic rings. The van der Waals surface area contributed by atoms with Crippen molar-refractivity contribution in [1.82, 2.24) is 15.0 Å². The molecule has 9 heteroatoms. The molecule has 0 spiro atoms. The number of aliphatic hydroxyl groups is 1. The van der Waals surface area contributed by atoms with Crippen molar-refractivity contribution in [3.63, 3.8) is 0 Å². The third-order valence-corrected chi connectivity index (χ3v) is 3.04. The van der Waals surface area contributed by atoms with Crippen molar-refractivity contribution in [2.75, 3.05) is 42.1 Å². The molecule has 0 amide bonds. The normalized spacial score (nSPS) is 11.4. The molecule has 1 radical (unpaired) electrons. The van der Waals surface area contributed by atoms with Gasteiger partial charge in [-0.1, -0.05) is 19.6 Å². The van der Waals surface area contributed by atoms with E-state index in [-0.39, 0.29) is 39.3 Å². The van der Waals surface area contributed by atoms with Crippen LogP contribution in [0.2, 0.25) is 0 Å². The Hall–Kier alpha value is -0.226. The third kappa shape index (κ3) is 9.40. The van der Waals surface area contributed by atoms with Gasteiger partial charge in [-0.25, -0.2) is 0 Å². The van der Waals surface area contributed by atoms with Crippen molar-refractivity contribution >= 4 is 31.8 Å². The summed E-state index contributed by atoms with van der Waals surface area (Å²) in [5.74, 6) is 1.61. The van der Waals surface area contributed by atoms with Crippen LogP contribution in [-0.2, 0) is 32.7 Å². The smallest absolute Gasteiger partial charge is 0.232 e. The topological polar surface area (TPSA) is 95.0 Å². The van der Waals surface area contributed by atoms with E-state index in [1.165, 1.54) is 0 Å². The van der Waals surface area contributed by atoms with Crippen LogP contribution in [0.3, 0.4) is 0 Å². The Labute approximate surface area is 152 Å². The van der Waals surface area contributed by atoms with Crippen LogP contribution in [0.1, 0.15) is 26.2 Å². The molecule has 0 fully saturated rings. The summed E-state index contributed by atoms with van der Waals surface area (Å²) in [7, 11) is -0.918. The summed E-state index contributed by atoms with van der Waals surface area (Å²) in [4.78, 5) is 12.9. The van der Waals surface area contributed by atoms with Crippen molar-refractivity contribution in [3.05, 3.63) is 0 Å². The predicted molar refractivity (Wildman–Crippen MR) is 88.4 cm³/mol. The van der Waals surface area contributed by atoms with Gasteiger partial charge in [0.25, 0.3) is 0 Å². The van der Waals surface area contributed by atoms with E-state index in [1.54, 1.807) is 0 Å². The zero-order chi connectivity index (χ0) is 14.8. The molecular weight excluding hydrogens is 364 g/mol. The maximum absolute atomic E-state index is 8.79. The number of unbranched alkanes of at least 4 members (excludes halogenated alkanes) is 1. The molecule has 117 valence electrons. The van der Waals surface area contributed by atoms with Gasteiger partial charge >= 0.3 is 0 Å². The van der Waals surface area contributed by atoms with Gasteiger partial charge in [-0.15, -0.1) is 0 Å². The van der Waals surface area contributed by atoms with Crippen LogP contribution in [0.5, 0.6) is 0 Å². The first kappa shape index (κ1) is 20.8. The number of hydrogen-bond donors (Lipinski definition) is 4. The number of anilines is 3. The second-order valence-electron chi connectivity index (χ2n) is 4.50. The van der Waals surface area contributed by atoms with Gasteiger partial charge in [0.15, 0.2) is 0 Å². The first-order chi connectivity index (χ1) is 9.65. The van der Waals surface area contributed by atoms with Crippen molar-refractivity contribution < 1.29 is 37.8 Å². The average molecular weight is 389 g/mol. The number of nitrogens with zero attached hydrogens (tertiary/aromatic N) is 3. The molecule has 0 aliphatic heterocycles. The Kier molecular flexibility index (Phi) is 12.2. The molecule has 21 heavy (non-hydrogen) atoms. The van der Waals surface area contributed by atoms with Crippen LogP contribution in [0, 0.1) is 0 Å². The van der Waals surface area contributed by atoms with E-state index in [9.17, 15) is 0 Å². The van der Waals surface area contributed by atoms with Crippen molar-refractivity contribution in [2.45, 2.75) is 26.2 Å². The number of nitrogens with one attached hydrogen (secondary N) is 3. The molecule has 0 bridgehead atoms. The minimum Gasteiger partial charge on any atom is -0.396 e. The fourth-order valence-corrected chi connectivity index (χ4v) is 1.93. The largest absolute Gasteiger partial charge is 0.396 e. The first-order valence-corrected chi connectivity index (χ1v) is 9.13. The molecule has 1 unspecified atom stereocenters. The number of hydrogen-bond acceptors (Lipinski definition) is 7. The molecule has 0 aliphatic rings. The second-order valence-corrected chi connectivity index (χ2v) is 6.31. The van der Waals surface area contributed by atoms with E-state index < -0.39 is 7.70 Å². The van der Waals surface area contributed by atoms with Gasteiger partial charge in [-0.2, -0.15) is 15.0 Å². The predicted octanol–water partition coefficient (Wildman–Crippen LogP) is 1.48. The van der Waals surface area contributed by atoms with E-state index in [4.69, 9.17) is 5.11 Å². The van der Waals surface area contributed by atoms with Crippen LogP contribution < -0.4 is 15.7 Å². The second kappa shape index (κ2) is 12.3. The standard InChI is InChI=1S/C12H25N6OP.Y/c1-4-5-7-13-10-15-11(14-8-6-9-19)17-12(16-10)18-20(2)3;/h19-20H,2,4-9H2,1,3H3,(H3,13,14,15,16,17,18);. The minimum absolute atomic E-state index is 0. The third-order valence-electron chi connectivity index (χ3n) is 2.39. The van der Waals surface area contributed by atoms with Gasteiger partial charge in [-0.3, -0.25) is 0 Å². The fraction of sp³-hybridized carbons (Fsp3) is 0.667. The van der Waals surface area contributed by atoms with Crippen molar-refractivity contribution in [3.8, 4) is 0 Å². The Balaban J connectivity index is 0.00000400. The fourth-order valence-electron chi connectivity index (χ4n) is 1.44. The molecule has 0 aliphatic carbocycles. The van der Waals surface area contributed by atoms with Crippen LogP contribution in [0.15, 0.2) is 0 Å². The van der Waals surface area contributed by atoms with Crippen LogP contribution >= 0.6 is 7.70 Å². The molecule has 1 atom stereocenters. The molecule has 1 aromatic heterocycles. The minimum atomic E-state index is -0.918. The van der Waals surface area contributed by atoms with Crippen molar-refractivity contribution in [2.24, 2.45) is 0 Å². The van der Waals surface area contributed by atoms with E-state index in [0.29, 0.717) is 30.8 Å².